The number of aliphatic hydroxyl groups is 1. The summed E-state index contributed by atoms with van der Waals surface area (Å²) in [4.78, 5) is 44.6. The normalized spacial score (nSPS) is 13.5. The summed E-state index contributed by atoms with van der Waals surface area (Å²) in [6.45, 7) is 1.31. The first-order chi connectivity index (χ1) is 19.2. The number of alkyl halides is 3. The van der Waals surface area contributed by atoms with Crippen LogP contribution in [0.15, 0.2) is 47.3 Å². The Bertz CT molecular complexity index is 1370. The zero-order valence-corrected chi connectivity index (χ0v) is 30.4. The minimum Gasteiger partial charge on any atom is -0.440 e. The van der Waals surface area contributed by atoms with E-state index in [1.807, 2.05) is 6.08 Å². The average molecular weight is 903 g/mol. The van der Waals surface area contributed by atoms with Gasteiger partial charge in [-0.05, 0) is 75.9 Å². The Kier molecular flexibility index (Phi) is 15.7. The van der Waals surface area contributed by atoms with Crippen molar-refractivity contribution in [1.29, 1.82) is 0 Å². The van der Waals surface area contributed by atoms with E-state index < -0.39 is 16.4 Å². The van der Waals surface area contributed by atoms with Crippen molar-refractivity contribution in [2.24, 2.45) is 0 Å². The van der Waals surface area contributed by atoms with Gasteiger partial charge in [0.2, 0.25) is 0 Å². The van der Waals surface area contributed by atoms with Crippen molar-refractivity contribution >= 4 is 54.3 Å². The van der Waals surface area contributed by atoms with Gasteiger partial charge in [-0.15, -0.1) is 13.2 Å². The van der Waals surface area contributed by atoms with Crippen molar-refractivity contribution in [1.82, 2.24) is 19.9 Å². The van der Waals surface area contributed by atoms with Gasteiger partial charge in [0.15, 0.2) is 7.11 Å². The second-order valence-electron chi connectivity index (χ2n) is 9.39. The number of aromatic nitrogens is 3. The summed E-state index contributed by atoms with van der Waals surface area (Å²) in [5, 5.41) is 8.42. The molecule has 3 heterocycles. The van der Waals surface area contributed by atoms with Gasteiger partial charge in [0.25, 0.3) is 10.8 Å². The van der Waals surface area contributed by atoms with Crippen LogP contribution in [0, 0.1) is 36.0 Å². The number of ether oxygens (including phenoxy) is 1. The number of benzene rings is 1. The van der Waals surface area contributed by atoms with Crippen molar-refractivity contribution in [3.05, 3.63) is 63.4 Å². The molecule has 1 aliphatic heterocycles. The Morgan fingerprint density at radius 1 is 1.24 bits per heavy atom. The summed E-state index contributed by atoms with van der Waals surface area (Å²) in [5.74, 6) is 0.768. The van der Waals surface area contributed by atoms with E-state index in [1.165, 1.54) is 7.11 Å². The minimum absolute atomic E-state index is 0. The molecule has 0 radical (unpaired) electrons. The number of carbonyl (C=O) groups is 1. The van der Waals surface area contributed by atoms with E-state index in [1.54, 1.807) is 41.6 Å². The summed E-state index contributed by atoms with van der Waals surface area (Å²) >= 11 is 3.34. The first-order valence-electron chi connectivity index (χ1n) is 12.1. The number of methoxy groups -OCH3 is 1. The van der Waals surface area contributed by atoms with Crippen LogP contribution in [0.4, 0.5) is 18.9 Å². The molecule has 0 atom stereocenters. The van der Waals surface area contributed by atoms with Gasteiger partial charge in [0, 0.05) is 57.4 Å². The smallest absolute Gasteiger partial charge is 0.440 e. The van der Waals surface area contributed by atoms with E-state index >= 15 is 0 Å². The minimum atomic E-state index is -4.46. The molecule has 0 unspecified atom stereocenters. The van der Waals surface area contributed by atoms with Gasteiger partial charge in [0.1, 0.15) is 10.2 Å². The van der Waals surface area contributed by atoms with Crippen molar-refractivity contribution in [3.8, 4) is 0 Å². The number of rotatable bonds is 6. The Labute approximate surface area is 275 Å². The van der Waals surface area contributed by atoms with Crippen LogP contribution >= 0.6 is 26.0 Å². The van der Waals surface area contributed by atoms with E-state index in [0.717, 1.165) is 22.4 Å². The molecule has 0 fully saturated rings. The van der Waals surface area contributed by atoms with Crippen molar-refractivity contribution in [2.45, 2.75) is 12.8 Å². The van der Waals surface area contributed by atoms with Crippen LogP contribution in [0.25, 0.3) is 16.7 Å². The Balaban J connectivity index is 0.000000530. The van der Waals surface area contributed by atoms with Gasteiger partial charge in [-0.25, -0.2) is 19.8 Å². The van der Waals surface area contributed by atoms with Gasteiger partial charge in [-0.1, -0.05) is 24.4 Å². The number of carbonyl (C=O) groups excluding carboxylic acids is 1. The van der Waals surface area contributed by atoms with Crippen molar-refractivity contribution in [2.75, 3.05) is 58.4 Å². The van der Waals surface area contributed by atoms with Crippen molar-refractivity contribution < 1.29 is 68.7 Å². The maximum absolute atomic E-state index is 12.9. The summed E-state index contributed by atoms with van der Waals surface area (Å²) < 4.78 is 35.3. The number of hydrogen-bond donors (Lipinski definition) is 1. The first kappa shape index (κ1) is 38.1. The molecule has 0 aliphatic carbocycles. The standard InChI is InChI=1S/C19H16BrN5O3.C5H14OS.C2H3F3O.U/c1-28-25(27)15-5-3-2-4-13(15)19(26)24-8-6-12(7-9-24)14-10-21-18-17(14)23-16(20)11-22-18;1-7(2,3)5-4-6;1-6-2(3,4)5;/h2-6,10-11H,7-9H2,1H3;6H,4-5H2,1-3H3;1H3;. The Morgan fingerprint density at radius 3 is 2.38 bits per heavy atom. The van der Waals surface area contributed by atoms with Crippen LogP contribution in [0.1, 0.15) is 22.3 Å². The van der Waals surface area contributed by atoms with Crippen LogP contribution < -0.4 is 4.98 Å². The number of halogens is 4. The number of fused-ring (bicyclic) bond motifs is 1. The predicted molar refractivity (Wildman–Crippen MR) is 156 cm³/mol. The van der Waals surface area contributed by atoms with Crippen LogP contribution in [-0.2, 0) is 9.57 Å². The van der Waals surface area contributed by atoms with Crippen LogP contribution in [0.5, 0.6) is 0 Å². The van der Waals surface area contributed by atoms with Crippen LogP contribution in [0.3, 0.4) is 0 Å². The number of amides is 1. The quantitative estimate of drug-likeness (QED) is 0.341. The molecule has 42 heavy (non-hydrogen) atoms. The average Bonchev–Trinajstić information content (AvgIpc) is 3.35. The number of nitrogens with zero attached hydrogens (tertiary/aromatic N) is 5. The molecule has 1 amide bonds. The summed E-state index contributed by atoms with van der Waals surface area (Å²) in [6.07, 6.45) is 8.17. The molecule has 230 valence electrons. The summed E-state index contributed by atoms with van der Waals surface area (Å²) in [6, 6.07) is 6.61. The van der Waals surface area contributed by atoms with Crippen LogP contribution in [-0.4, -0.2) is 95.6 Å². The fourth-order valence-electron chi connectivity index (χ4n) is 3.51. The molecular formula is C26H33BrF3N5O5SU. The fraction of sp³-hybridized carbons (Fsp3) is 0.423. The van der Waals surface area contributed by atoms with E-state index in [-0.39, 0.29) is 42.7 Å². The molecule has 1 aromatic carbocycles. The van der Waals surface area contributed by atoms with Crippen LogP contribution in [0.2, 0.25) is 0 Å². The topological polar surface area (TPSA) is 119 Å². The van der Waals surface area contributed by atoms with E-state index in [0.29, 0.717) is 54.0 Å². The Morgan fingerprint density at radius 2 is 1.88 bits per heavy atom. The van der Waals surface area contributed by atoms with E-state index in [4.69, 9.17) is 9.94 Å². The molecule has 0 spiro atoms. The van der Waals surface area contributed by atoms with Gasteiger partial charge in [-0.3, -0.25) is 9.53 Å². The zero-order valence-electron chi connectivity index (χ0n) is 23.8. The number of para-hydroxylation sites is 1. The largest absolute Gasteiger partial charge is 0.522 e. The molecule has 1 aliphatic rings. The molecule has 0 saturated heterocycles. The third-order valence-electron chi connectivity index (χ3n) is 5.57. The second-order valence-corrected chi connectivity index (χ2v) is 14.8. The van der Waals surface area contributed by atoms with Crippen molar-refractivity contribution in [3.63, 3.8) is 0 Å². The number of aliphatic hydroxyl groups excluding tert-OH is 1. The van der Waals surface area contributed by atoms with E-state index in [2.05, 4.69) is 54.4 Å². The summed E-state index contributed by atoms with van der Waals surface area (Å²) in [7, 11) is 1.43. The molecule has 16 heteroatoms. The number of hydrogen-bond acceptors (Lipinski definition) is 7. The van der Waals surface area contributed by atoms with E-state index in [9.17, 15) is 22.9 Å². The zero-order chi connectivity index (χ0) is 30.8. The third kappa shape index (κ3) is 12.0. The van der Waals surface area contributed by atoms with Gasteiger partial charge >= 0.3 is 12.0 Å². The van der Waals surface area contributed by atoms with Gasteiger partial charge < -0.3 is 20.0 Å². The molecule has 1 N–H and O–H groups in total. The molecule has 3 aromatic rings. The second kappa shape index (κ2) is 17.4. The maximum atomic E-state index is 12.9. The van der Waals surface area contributed by atoms with Gasteiger partial charge in [0.05, 0.1) is 17.0 Å². The molecule has 0 saturated carbocycles. The molecule has 10 nitrogen and oxygen atoms in total. The SMILES string of the molecule is COC(F)(F)F.CO[N+](=O)c1ccccc1C(=O)N1CC=C(c2c[n-]c3ncc(Br)nc23)CC1.CS(C)(C)CCO.[U]. The Hall–Kier alpha value is -1.96. The maximum Gasteiger partial charge on any atom is 0.522 e. The molecule has 2 aromatic heterocycles. The third-order valence-corrected chi connectivity index (χ3v) is 7.36. The van der Waals surface area contributed by atoms with Gasteiger partial charge in [-0.2, -0.15) is 0 Å². The molecule has 4 rings (SSSR count). The molecule has 0 bridgehead atoms. The molecular weight excluding hydrogens is 869 g/mol. The predicted octanol–water partition coefficient (Wildman–Crippen LogP) is 5.08. The monoisotopic (exact) mass is 901 g/mol. The first-order valence-corrected chi connectivity index (χ1v) is 15.9. The summed E-state index contributed by atoms with van der Waals surface area (Å²) in [5.41, 5.74) is 3.85. The fourth-order valence-corrected chi connectivity index (χ4v) is 4.34.